The number of anilines is 2. The number of nitrogens with one attached hydrogen (secondary N) is 3. The van der Waals surface area contributed by atoms with Crippen LogP contribution < -0.4 is 11.5 Å². The summed E-state index contributed by atoms with van der Waals surface area (Å²) in [5.41, 5.74) is 21.4. The van der Waals surface area contributed by atoms with Crippen LogP contribution in [0.5, 0.6) is 0 Å². The number of benzene rings is 2. The van der Waals surface area contributed by atoms with Gasteiger partial charge in [-0.15, -0.1) is 0 Å². The number of fused-ring (bicyclic) bond motifs is 4. The highest BCUT2D eigenvalue weighted by atomic mass is 16.4. The second-order valence-corrected chi connectivity index (χ2v) is 12.1. The van der Waals surface area contributed by atoms with Crippen molar-refractivity contribution < 1.29 is 14.7 Å². The number of aromatic amines is 3. The van der Waals surface area contributed by atoms with E-state index in [1.54, 1.807) is 12.1 Å². The second kappa shape index (κ2) is 14.6. The van der Waals surface area contributed by atoms with Crippen molar-refractivity contribution in [1.29, 1.82) is 0 Å². The molecule has 0 saturated heterocycles. The predicted octanol–water partition coefficient (Wildman–Crippen LogP) is 7.01. The van der Waals surface area contributed by atoms with Crippen molar-refractivity contribution in [1.82, 2.24) is 29.9 Å². The van der Waals surface area contributed by atoms with E-state index in [9.17, 15) is 9.59 Å². The molecule has 0 fully saturated rings. The van der Waals surface area contributed by atoms with Gasteiger partial charge in [0.05, 0.1) is 16.8 Å². The maximum Gasteiger partial charge on any atom is 0.336 e. The Morgan fingerprint density at radius 3 is 1.96 bits per heavy atom. The number of aryl methyl sites for hydroxylation is 4. The van der Waals surface area contributed by atoms with Crippen molar-refractivity contribution in [2.75, 3.05) is 11.5 Å². The van der Waals surface area contributed by atoms with Gasteiger partial charge in [-0.25, -0.2) is 4.79 Å². The Kier molecular flexibility index (Phi) is 10.4. The monoisotopic (exact) mass is 650 g/mol. The largest absolute Gasteiger partial charge is 0.478 e. The minimum atomic E-state index is -0.878. The number of nitrogens with two attached hydrogens (primary N) is 2. The summed E-state index contributed by atoms with van der Waals surface area (Å²) in [6.07, 6.45) is 10.6. The molecular formula is C37H46N8O3. The number of nitrogens with zero attached hydrogens (tertiary/aromatic N) is 3. The third-order valence-electron chi connectivity index (χ3n) is 9.14. The Morgan fingerprint density at radius 2 is 1.38 bits per heavy atom. The predicted molar refractivity (Wildman–Crippen MR) is 192 cm³/mol. The maximum atomic E-state index is 13.0. The first kappa shape index (κ1) is 34.0. The summed E-state index contributed by atoms with van der Waals surface area (Å²) >= 11 is 0. The molecule has 0 aliphatic heterocycles. The van der Waals surface area contributed by atoms with Crippen molar-refractivity contribution in [2.24, 2.45) is 0 Å². The van der Waals surface area contributed by atoms with Gasteiger partial charge in [-0.05, 0) is 101 Å². The molecule has 0 radical (unpaired) electrons. The molecule has 8 rings (SSSR count). The molecule has 0 amide bonds. The van der Waals surface area contributed by atoms with E-state index in [-0.39, 0.29) is 13.3 Å². The van der Waals surface area contributed by atoms with Gasteiger partial charge < -0.3 is 26.5 Å². The first-order valence-electron chi connectivity index (χ1n) is 16.5. The average molecular weight is 651 g/mol. The topological polar surface area (TPSA) is 184 Å². The van der Waals surface area contributed by atoms with Gasteiger partial charge in [0.2, 0.25) is 0 Å². The number of rotatable bonds is 4. The molecule has 0 unspecified atom stereocenters. The zero-order valence-electron chi connectivity index (χ0n) is 26.9. The number of hydrogen-bond acceptors (Lipinski definition) is 6. The third-order valence-corrected chi connectivity index (χ3v) is 9.14. The lowest BCUT2D eigenvalue weighted by Crippen LogP contribution is -2.16. The number of carboxylic acid groups (broad SMARTS) is 1. The lowest BCUT2D eigenvalue weighted by Gasteiger charge is -2.08. The van der Waals surface area contributed by atoms with Crippen molar-refractivity contribution >= 4 is 45.3 Å². The molecular weight excluding hydrogens is 604 g/mol. The Hall–Kier alpha value is -5.32. The number of aromatic carboxylic acids is 1. The highest BCUT2D eigenvalue weighted by molar-refractivity contribution is 6.08. The van der Waals surface area contributed by atoms with Crippen molar-refractivity contribution in [3.8, 4) is 0 Å². The van der Waals surface area contributed by atoms with E-state index in [0.29, 0.717) is 22.8 Å². The smallest absolute Gasteiger partial charge is 0.336 e. The number of carbonyl (C=O) groups excluding carboxylic acids is 1. The van der Waals surface area contributed by atoms with Gasteiger partial charge in [-0.1, -0.05) is 33.4 Å². The Bertz CT molecular complexity index is 2060. The van der Waals surface area contributed by atoms with Crippen LogP contribution in [-0.2, 0) is 38.5 Å². The van der Waals surface area contributed by atoms with E-state index >= 15 is 0 Å². The van der Waals surface area contributed by atoms with E-state index in [0.717, 1.165) is 95.8 Å². The summed E-state index contributed by atoms with van der Waals surface area (Å²) in [7, 11) is 0. The number of nitrogen functional groups attached to an aromatic ring is 2. The summed E-state index contributed by atoms with van der Waals surface area (Å²) in [6, 6.07) is 14.9. The molecule has 6 aromatic rings. The van der Waals surface area contributed by atoms with Crippen LogP contribution in [-0.4, -0.2) is 46.9 Å². The van der Waals surface area contributed by atoms with Crippen LogP contribution in [0.25, 0.3) is 21.8 Å². The lowest BCUT2D eigenvalue weighted by molar-refractivity contribution is 0.0698. The fraction of sp³-hybridized carbons (Fsp3) is 0.351. The second-order valence-electron chi connectivity index (χ2n) is 12.1. The van der Waals surface area contributed by atoms with Gasteiger partial charge in [-0.3, -0.25) is 9.89 Å². The van der Waals surface area contributed by atoms with Crippen LogP contribution in [0.3, 0.4) is 0 Å². The Balaban J connectivity index is 0.000000153. The zero-order chi connectivity index (χ0) is 33.1. The Labute approximate surface area is 280 Å². The first-order valence-corrected chi connectivity index (χ1v) is 16.5. The van der Waals surface area contributed by atoms with Crippen LogP contribution >= 0.6 is 0 Å². The van der Waals surface area contributed by atoms with Crippen LogP contribution in [0.1, 0.15) is 102 Å². The van der Waals surface area contributed by atoms with E-state index < -0.39 is 5.97 Å². The van der Waals surface area contributed by atoms with Gasteiger partial charge in [0.1, 0.15) is 11.6 Å². The van der Waals surface area contributed by atoms with Crippen LogP contribution in [0, 0.1) is 0 Å². The summed E-state index contributed by atoms with van der Waals surface area (Å²) in [5, 5.41) is 22.1. The minimum Gasteiger partial charge on any atom is -0.478 e. The third kappa shape index (κ3) is 6.71. The Morgan fingerprint density at radius 1 is 0.812 bits per heavy atom. The number of aromatic nitrogens is 6. The molecule has 0 saturated carbocycles. The normalized spacial score (nSPS) is 13.4. The molecule has 252 valence electrons. The number of H-pyrrole nitrogens is 3. The van der Waals surface area contributed by atoms with E-state index in [1.807, 2.05) is 43.3 Å². The summed E-state index contributed by atoms with van der Waals surface area (Å²) in [5.74, 6) is 0.184. The number of carboxylic acids is 1. The highest BCUT2D eigenvalue weighted by Crippen LogP contribution is 2.28. The molecule has 11 nitrogen and oxygen atoms in total. The van der Waals surface area contributed by atoms with Gasteiger partial charge in [0.15, 0.2) is 0 Å². The van der Waals surface area contributed by atoms with Gasteiger partial charge in [0, 0.05) is 50.0 Å². The van der Waals surface area contributed by atoms with Crippen LogP contribution in [0.4, 0.5) is 11.6 Å². The minimum absolute atomic E-state index is 0. The van der Waals surface area contributed by atoms with Crippen LogP contribution in [0.2, 0.25) is 0 Å². The molecule has 2 aliphatic rings. The average Bonchev–Trinajstić information content (AvgIpc) is 3.89. The molecule has 2 aromatic carbocycles. The quantitative estimate of drug-likeness (QED) is 0.118. The maximum absolute atomic E-state index is 13.0. The number of hydrogen-bond donors (Lipinski definition) is 6. The molecule has 0 bridgehead atoms. The van der Waals surface area contributed by atoms with Crippen molar-refractivity contribution in [3.63, 3.8) is 0 Å². The first-order chi connectivity index (χ1) is 22.8. The van der Waals surface area contributed by atoms with E-state index in [4.69, 9.17) is 16.6 Å². The molecule has 4 heterocycles. The van der Waals surface area contributed by atoms with Gasteiger partial charge in [0.25, 0.3) is 5.91 Å². The van der Waals surface area contributed by atoms with Gasteiger partial charge >= 0.3 is 5.97 Å². The molecule has 11 heteroatoms. The zero-order valence-corrected chi connectivity index (χ0v) is 26.9. The highest BCUT2D eigenvalue weighted by Gasteiger charge is 2.24. The fourth-order valence-electron chi connectivity index (χ4n) is 6.53. The summed E-state index contributed by atoms with van der Waals surface area (Å²) < 4.78 is 1.39. The standard InChI is InChI=1S/C18H20N4O.C11H11NO2.C7H11N3.CH4/c1-2-11-10-14-12(7-5-9-15(14)20-11)18(23)22-17(19)13-6-3-4-8-16(13)21-22;1-2-7-6-9-8(11(13)14)4-3-5-10(9)12-7;8-7-5-3-1-2-4-6(5)9-10-7;/h5,7,9-10,20H,2-4,6,8,19H2,1H3;3-6,12H,2H2,1H3,(H,13,14);1-4H2,(H3,8,9,10);1H4. The summed E-state index contributed by atoms with van der Waals surface area (Å²) in [6.45, 7) is 4.12. The molecule has 2 aliphatic carbocycles. The molecule has 0 atom stereocenters. The lowest BCUT2D eigenvalue weighted by atomic mass is 9.98. The van der Waals surface area contributed by atoms with Crippen molar-refractivity contribution in [3.05, 3.63) is 93.6 Å². The molecule has 8 N–H and O–H groups in total. The van der Waals surface area contributed by atoms with Crippen molar-refractivity contribution in [2.45, 2.75) is 85.5 Å². The summed E-state index contributed by atoms with van der Waals surface area (Å²) in [4.78, 5) is 30.4. The van der Waals surface area contributed by atoms with Gasteiger partial charge in [-0.2, -0.15) is 14.9 Å². The fourth-order valence-corrected chi connectivity index (χ4v) is 6.53. The molecule has 48 heavy (non-hydrogen) atoms. The van der Waals surface area contributed by atoms with E-state index in [2.05, 4.69) is 32.2 Å². The molecule has 0 spiro atoms. The number of carbonyl (C=O) groups is 2. The van der Waals surface area contributed by atoms with E-state index in [1.165, 1.54) is 28.8 Å². The van der Waals surface area contributed by atoms with Crippen LogP contribution in [0.15, 0.2) is 48.5 Å². The molecule has 4 aromatic heterocycles. The SMILES string of the molecule is C.CCc1cc2c(C(=O)O)cccc2[nH]1.CCc1cc2c(C(=O)n3nc4c(c3N)CCCC4)cccc2[nH]1.Nc1n[nH]c2c1CCCC2.